The van der Waals surface area contributed by atoms with Crippen LogP contribution in [0.5, 0.6) is 0 Å². The summed E-state index contributed by atoms with van der Waals surface area (Å²) in [5.41, 5.74) is 0.642. The van der Waals surface area contributed by atoms with E-state index in [1.165, 1.54) is 0 Å². The SMILES string of the molecule is F[B-](F)(F)Cn1nnc(-c2ccccc2)n1. The third kappa shape index (κ3) is 2.59. The van der Waals surface area contributed by atoms with Crippen LogP contribution in [0, 0.1) is 0 Å². The van der Waals surface area contributed by atoms with Crippen LogP contribution in [0.3, 0.4) is 0 Å². The molecule has 2 aromatic rings. The maximum atomic E-state index is 12.1. The molecule has 0 aliphatic heterocycles. The fourth-order valence-corrected chi connectivity index (χ4v) is 1.21. The van der Waals surface area contributed by atoms with Crippen LogP contribution >= 0.6 is 0 Å². The molecule has 0 N–H and O–H groups in total. The lowest BCUT2D eigenvalue weighted by atomic mass is 9.93. The van der Waals surface area contributed by atoms with Gasteiger partial charge in [-0.2, -0.15) is 4.80 Å². The van der Waals surface area contributed by atoms with Gasteiger partial charge in [0.25, 0.3) is 0 Å². The van der Waals surface area contributed by atoms with Crippen molar-refractivity contribution in [1.82, 2.24) is 20.2 Å². The molecule has 84 valence electrons. The van der Waals surface area contributed by atoms with E-state index in [2.05, 4.69) is 15.4 Å². The van der Waals surface area contributed by atoms with Crippen LogP contribution in [0.1, 0.15) is 0 Å². The molecule has 0 aliphatic rings. The summed E-state index contributed by atoms with van der Waals surface area (Å²) in [6, 6.07) is 8.72. The van der Waals surface area contributed by atoms with E-state index in [1.54, 1.807) is 30.3 Å². The maximum absolute atomic E-state index is 12.1. The number of rotatable bonds is 3. The van der Waals surface area contributed by atoms with E-state index < -0.39 is 13.4 Å². The third-order valence-corrected chi connectivity index (χ3v) is 1.86. The molecule has 4 nitrogen and oxygen atoms in total. The van der Waals surface area contributed by atoms with Gasteiger partial charge in [0.1, 0.15) is 0 Å². The molecular formula is C8H7BF3N4-. The first-order chi connectivity index (χ1) is 7.54. The quantitative estimate of drug-likeness (QED) is 0.749. The Balaban J connectivity index is 2.21. The molecule has 0 spiro atoms. The van der Waals surface area contributed by atoms with E-state index in [9.17, 15) is 12.9 Å². The Hall–Kier alpha value is -1.86. The lowest BCUT2D eigenvalue weighted by Crippen LogP contribution is -2.25. The minimum absolute atomic E-state index is 0.195. The largest absolute Gasteiger partial charge is 0.501 e. The Labute approximate surface area is 89.1 Å². The van der Waals surface area contributed by atoms with Gasteiger partial charge in [-0.3, -0.25) is 0 Å². The van der Waals surface area contributed by atoms with Gasteiger partial charge in [0, 0.05) is 12.0 Å². The molecule has 0 saturated heterocycles. The van der Waals surface area contributed by atoms with Crippen molar-refractivity contribution >= 4 is 6.98 Å². The predicted octanol–water partition coefficient (Wildman–Crippen LogP) is 1.73. The lowest BCUT2D eigenvalue weighted by molar-refractivity contribution is 0.418. The summed E-state index contributed by atoms with van der Waals surface area (Å²) in [5, 5.41) is 10.6. The molecule has 1 heterocycles. The highest BCUT2D eigenvalue weighted by Crippen LogP contribution is 2.14. The molecule has 8 heteroatoms. The number of tetrazole rings is 1. The molecule has 0 radical (unpaired) electrons. The molecule has 0 unspecified atom stereocenters. The molecule has 1 aromatic carbocycles. The average Bonchev–Trinajstić information content (AvgIpc) is 2.65. The summed E-state index contributed by atoms with van der Waals surface area (Å²) >= 11 is 0. The van der Waals surface area contributed by atoms with Crippen molar-refractivity contribution in [2.75, 3.05) is 0 Å². The van der Waals surface area contributed by atoms with Crippen molar-refractivity contribution in [2.24, 2.45) is 0 Å². The summed E-state index contributed by atoms with van der Waals surface area (Å²) in [7, 11) is 0. The van der Waals surface area contributed by atoms with Crippen molar-refractivity contribution in [2.45, 2.75) is 6.44 Å². The number of benzene rings is 1. The van der Waals surface area contributed by atoms with E-state index in [1.807, 2.05) is 0 Å². The minimum Gasteiger partial charge on any atom is -0.448 e. The number of aromatic nitrogens is 4. The van der Waals surface area contributed by atoms with Crippen molar-refractivity contribution in [3.05, 3.63) is 30.3 Å². The van der Waals surface area contributed by atoms with Gasteiger partial charge < -0.3 is 12.9 Å². The second-order valence-corrected chi connectivity index (χ2v) is 3.24. The molecule has 0 aliphatic carbocycles. The van der Waals surface area contributed by atoms with E-state index in [-0.39, 0.29) is 5.82 Å². The minimum atomic E-state index is -4.95. The Kier molecular flexibility index (Phi) is 2.63. The highest BCUT2D eigenvalue weighted by Gasteiger charge is 2.25. The molecule has 0 saturated carbocycles. The van der Waals surface area contributed by atoms with Gasteiger partial charge in [-0.05, 0) is 5.21 Å². The first-order valence-corrected chi connectivity index (χ1v) is 4.59. The van der Waals surface area contributed by atoms with E-state index in [4.69, 9.17) is 0 Å². The molecule has 0 fully saturated rings. The Morgan fingerprint density at radius 1 is 1.12 bits per heavy atom. The van der Waals surface area contributed by atoms with Gasteiger partial charge in [0.15, 0.2) is 0 Å². The first-order valence-electron chi connectivity index (χ1n) is 4.59. The molecule has 2 rings (SSSR count). The van der Waals surface area contributed by atoms with Gasteiger partial charge in [0.05, 0.1) is 0 Å². The molecule has 0 atom stereocenters. The fraction of sp³-hybridized carbons (Fsp3) is 0.125. The standard InChI is InChI=1S/C8H7BF3N4/c10-9(11,12)6-16-14-8(13-15-16)7-4-2-1-3-5-7/h1-5H,6H2/q-1. The van der Waals surface area contributed by atoms with Crippen LogP contribution < -0.4 is 0 Å². The van der Waals surface area contributed by atoms with Crippen LogP contribution in [0.2, 0.25) is 0 Å². The van der Waals surface area contributed by atoms with Crippen LogP contribution in [-0.2, 0) is 6.44 Å². The summed E-state index contributed by atoms with van der Waals surface area (Å²) in [5.74, 6) is 0.195. The van der Waals surface area contributed by atoms with Crippen LogP contribution in [0.4, 0.5) is 12.9 Å². The number of hydrogen-bond acceptors (Lipinski definition) is 3. The molecule has 16 heavy (non-hydrogen) atoms. The van der Waals surface area contributed by atoms with Crippen molar-refractivity contribution < 1.29 is 12.9 Å². The van der Waals surface area contributed by atoms with Crippen LogP contribution in [-0.4, -0.2) is 27.2 Å². The fourth-order valence-electron chi connectivity index (χ4n) is 1.21. The molecular weight excluding hydrogens is 220 g/mol. The highest BCUT2D eigenvalue weighted by atomic mass is 19.4. The number of hydrogen-bond donors (Lipinski definition) is 0. The summed E-state index contributed by atoms with van der Waals surface area (Å²) in [4.78, 5) is 0.558. The van der Waals surface area contributed by atoms with Crippen LogP contribution in [0.15, 0.2) is 30.3 Å². The van der Waals surface area contributed by atoms with E-state index in [0.717, 1.165) is 0 Å². The third-order valence-electron chi connectivity index (χ3n) is 1.86. The zero-order chi connectivity index (χ0) is 11.6. The van der Waals surface area contributed by atoms with Crippen molar-refractivity contribution in [3.63, 3.8) is 0 Å². The van der Waals surface area contributed by atoms with Gasteiger partial charge >= 0.3 is 6.98 Å². The van der Waals surface area contributed by atoms with Gasteiger partial charge in [-0.25, -0.2) is 0 Å². The smallest absolute Gasteiger partial charge is 0.448 e. The Bertz CT molecular complexity index is 468. The van der Waals surface area contributed by atoms with E-state index in [0.29, 0.717) is 10.4 Å². The molecule has 1 aromatic heterocycles. The number of halogens is 3. The summed E-state index contributed by atoms with van der Waals surface area (Å²) in [6.45, 7) is -4.95. The second-order valence-electron chi connectivity index (χ2n) is 3.24. The number of nitrogens with zero attached hydrogens (tertiary/aromatic N) is 4. The second kappa shape index (κ2) is 3.95. The Morgan fingerprint density at radius 3 is 2.44 bits per heavy atom. The van der Waals surface area contributed by atoms with Gasteiger partial charge in [-0.1, -0.05) is 30.3 Å². The lowest BCUT2D eigenvalue weighted by Gasteiger charge is -2.10. The normalized spacial score (nSPS) is 11.7. The summed E-state index contributed by atoms with van der Waals surface area (Å²) < 4.78 is 36.3. The average molecular weight is 227 g/mol. The topological polar surface area (TPSA) is 43.6 Å². The highest BCUT2D eigenvalue weighted by molar-refractivity contribution is 6.57. The van der Waals surface area contributed by atoms with Crippen LogP contribution in [0.25, 0.3) is 11.4 Å². The molecule has 0 amide bonds. The summed E-state index contributed by atoms with van der Waals surface area (Å²) in [6.07, 6.45) is -1.17. The zero-order valence-electron chi connectivity index (χ0n) is 8.09. The zero-order valence-corrected chi connectivity index (χ0v) is 8.09. The van der Waals surface area contributed by atoms with Gasteiger partial charge in [-0.15, -0.1) is 10.2 Å². The van der Waals surface area contributed by atoms with Gasteiger partial charge in [0.2, 0.25) is 5.82 Å². The monoisotopic (exact) mass is 227 g/mol. The van der Waals surface area contributed by atoms with Crippen molar-refractivity contribution in [3.8, 4) is 11.4 Å². The maximum Gasteiger partial charge on any atom is 0.501 e. The van der Waals surface area contributed by atoms with E-state index >= 15 is 0 Å². The molecule has 0 bridgehead atoms. The first kappa shape index (κ1) is 10.7. The van der Waals surface area contributed by atoms with Crippen molar-refractivity contribution in [1.29, 1.82) is 0 Å². The Morgan fingerprint density at radius 2 is 1.81 bits per heavy atom. The predicted molar refractivity (Wildman–Crippen MR) is 52.3 cm³/mol.